The van der Waals surface area contributed by atoms with Crippen molar-refractivity contribution < 1.29 is 9.18 Å². The highest BCUT2D eigenvalue weighted by atomic mass is 32.2. The maximum atomic E-state index is 13.3. The number of benzene rings is 2. The van der Waals surface area contributed by atoms with Crippen molar-refractivity contribution in [1.29, 1.82) is 5.26 Å². The lowest BCUT2D eigenvalue weighted by atomic mass is 10.2. The molecule has 4 rings (SSSR count). The molecule has 4 aromatic rings. The molecule has 0 saturated heterocycles. The van der Waals surface area contributed by atoms with Gasteiger partial charge in [-0.15, -0.1) is 10.2 Å². The highest BCUT2D eigenvalue weighted by molar-refractivity contribution is 7.99. The van der Waals surface area contributed by atoms with Crippen LogP contribution in [-0.4, -0.2) is 37.4 Å². The van der Waals surface area contributed by atoms with Gasteiger partial charge in [0, 0.05) is 18.8 Å². The van der Waals surface area contributed by atoms with Crippen LogP contribution in [0.2, 0.25) is 0 Å². The number of hydrogen-bond donors (Lipinski definition) is 0. The van der Waals surface area contributed by atoms with Crippen LogP contribution in [0, 0.1) is 17.1 Å². The van der Waals surface area contributed by atoms with Gasteiger partial charge in [-0.1, -0.05) is 37.2 Å². The number of carbonyl (C=O) groups is 1. The number of halogens is 1. The summed E-state index contributed by atoms with van der Waals surface area (Å²) in [5.41, 5.74) is 1.08. The quantitative estimate of drug-likeness (QED) is 0.337. The van der Waals surface area contributed by atoms with Crippen molar-refractivity contribution in [3.8, 4) is 6.07 Å². The largest absolute Gasteiger partial charge is 0.311 e. The monoisotopic (exact) mass is 478 g/mol. The Morgan fingerprint density at radius 3 is 2.68 bits per heavy atom. The lowest BCUT2D eigenvalue weighted by molar-refractivity contribution is -0.116. The maximum absolute atomic E-state index is 13.3. The minimum absolute atomic E-state index is 0.0337. The van der Waals surface area contributed by atoms with Gasteiger partial charge in [0.25, 0.3) is 5.56 Å². The maximum Gasteiger partial charge on any atom is 0.262 e. The van der Waals surface area contributed by atoms with Crippen LogP contribution < -0.4 is 10.5 Å². The summed E-state index contributed by atoms with van der Waals surface area (Å²) in [6, 6.07) is 14.9. The Bertz CT molecular complexity index is 1420. The third-order valence-corrected chi connectivity index (χ3v) is 6.34. The van der Waals surface area contributed by atoms with Gasteiger partial charge in [0.15, 0.2) is 5.16 Å². The van der Waals surface area contributed by atoms with Gasteiger partial charge < -0.3 is 4.90 Å². The summed E-state index contributed by atoms with van der Waals surface area (Å²) in [4.78, 5) is 27.6. The van der Waals surface area contributed by atoms with E-state index in [0.717, 1.165) is 12.8 Å². The topological polar surface area (TPSA) is 96.3 Å². The summed E-state index contributed by atoms with van der Waals surface area (Å²) in [5.74, 6) is -0.174. The fourth-order valence-electron chi connectivity index (χ4n) is 3.73. The fourth-order valence-corrected chi connectivity index (χ4v) is 4.55. The van der Waals surface area contributed by atoms with Crippen LogP contribution in [0.3, 0.4) is 0 Å². The van der Waals surface area contributed by atoms with Crippen LogP contribution in [0.1, 0.15) is 26.2 Å². The van der Waals surface area contributed by atoms with Crippen LogP contribution in [0.5, 0.6) is 0 Å². The molecule has 2 heterocycles. The second kappa shape index (κ2) is 10.5. The van der Waals surface area contributed by atoms with E-state index >= 15 is 0 Å². The molecular formula is C24H23FN6O2S. The first-order valence-corrected chi connectivity index (χ1v) is 12.0. The van der Waals surface area contributed by atoms with Crippen LogP contribution in [0.4, 0.5) is 10.1 Å². The Labute approximate surface area is 199 Å². The SMILES string of the molecule is CCCCn1c(=O)c2ccccc2n2c(SCC(=O)N(CCC#N)c3ccc(F)cc3)nnc12. The normalized spacial score (nSPS) is 11.1. The van der Waals surface area contributed by atoms with Gasteiger partial charge in [-0.3, -0.25) is 18.6 Å². The van der Waals surface area contributed by atoms with Crippen LogP contribution in [-0.2, 0) is 11.3 Å². The predicted octanol–water partition coefficient (Wildman–Crippen LogP) is 4.02. The Morgan fingerprint density at radius 1 is 1.18 bits per heavy atom. The average molecular weight is 479 g/mol. The first kappa shape index (κ1) is 23.4. The summed E-state index contributed by atoms with van der Waals surface area (Å²) >= 11 is 1.20. The van der Waals surface area contributed by atoms with Crippen molar-refractivity contribution in [3.63, 3.8) is 0 Å². The number of aryl methyl sites for hydroxylation is 1. The molecule has 0 fully saturated rings. The van der Waals surface area contributed by atoms with Crippen molar-refractivity contribution in [2.75, 3.05) is 17.2 Å². The molecule has 8 nitrogen and oxygen atoms in total. The number of hydrogen-bond acceptors (Lipinski definition) is 6. The minimum atomic E-state index is -0.401. The third-order valence-electron chi connectivity index (χ3n) is 5.42. The van der Waals surface area contributed by atoms with Crippen LogP contribution in [0.15, 0.2) is 58.5 Å². The molecule has 0 radical (unpaired) electrons. The van der Waals surface area contributed by atoms with Gasteiger partial charge in [-0.25, -0.2) is 4.39 Å². The number of nitrogens with zero attached hydrogens (tertiary/aromatic N) is 6. The zero-order valence-corrected chi connectivity index (χ0v) is 19.5. The lowest BCUT2D eigenvalue weighted by Crippen LogP contribution is -2.33. The van der Waals surface area contributed by atoms with E-state index < -0.39 is 5.82 Å². The zero-order chi connectivity index (χ0) is 24.1. The molecule has 0 unspecified atom stereocenters. The molecule has 0 spiro atoms. The molecule has 34 heavy (non-hydrogen) atoms. The molecule has 0 bridgehead atoms. The van der Waals surface area contributed by atoms with Crippen molar-refractivity contribution in [1.82, 2.24) is 19.2 Å². The second-order valence-corrected chi connectivity index (χ2v) is 8.61. The molecule has 2 aromatic carbocycles. The molecule has 0 atom stereocenters. The van der Waals surface area contributed by atoms with Gasteiger partial charge in [0.1, 0.15) is 5.82 Å². The molecule has 0 aliphatic rings. The Hall–Kier alpha value is -3.71. The number of thioether (sulfide) groups is 1. The van der Waals surface area contributed by atoms with Crippen LogP contribution >= 0.6 is 11.8 Å². The number of amides is 1. The van der Waals surface area contributed by atoms with Gasteiger partial charge >= 0.3 is 0 Å². The molecule has 10 heteroatoms. The summed E-state index contributed by atoms with van der Waals surface area (Å²) in [7, 11) is 0. The molecule has 0 saturated carbocycles. The van der Waals surface area contributed by atoms with E-state index in [1.807, 2.05) is 28.7 Å². The smallest absolute Gasteiger partial charge is 0.262 e. The highest BCUT2D eigenvalue weighted by Gasteiger charge is 2.20. The van der Waals surface area contributed by atoms with E-state index in [4.69, 9.17) is 5.26 Å². The standard InChI is InChI=1S/C24H23FN6O2S/c1-2-3-14-30-22(33)19-7-4-5-8-20(19)31-23(30)27-28-24(31)34-16-21(32)29(15-6-13-26)18-11-9-17(25)10-12-18/h4-5,7-12H,2-3,6,14-16H2,1H3. The second-order valence-electron chi connectivity index (χ2n) is 7.66. The summed E-state index contributed by atoms with van der Waals surface area (Å²) in [6.45, 7) is 2.78. The average Bonchev–Trinajstić information content (AvgIpc) is 3.28. The van der Waals surface area contributed by atoms with Gasteiger partial charge in [-0.2, -0.15) is 5.26 Å². The van der Waals surface area contributed by atoms with Gasteiger partial charge in [0.2, 0.25) is 11.7 Å². The number of aromatic nitrogens is 4. The number of anilines is 1. The van der Waals surface area contributed by atoms with E-state index in [1.54, 1.807) is 10.6 Å². The number of nitriles is 1. The van der Waals surface area contributed by atoms with E-state index in [-0.39, 0.29) is 30.2 Å². The Morgan fingerprint density at radius 2 is 1.94 bits per heavy atom. The molecule has 1 amide bonds. The molecule has 2 aromatic heterocycles. The van der Waals surface area contributed by atoms with Gasteiger partial charge in [-0.05, 0) is 42.8 Å². The van der Waals surface area contributed by atoms with E-state index in [0.29, 0.717) is 34.1 Å². The number of rotatable bonds is 9. The minimum Gasteiger partial charge on any atom is -0.311 e. The van der Waals surface area contributed by atoms with E-state index in [9.17, 15) is 14.0 Å². The van der Waals surface area contributed by atoms with Crippen molar-refractivity contribution >= 4 is 40.0 Å². The zero-order valence-electron chi connectivity index (χ0n) is 18.6. The Balaban J connectivity index is 1.67. The van der Waals surface area contributed by atoms with Crippen molar-refractivity contribution in [2.24, 2.45) is 0 Å². The van der Waals surface area contributed by atoms with E-state index in [2.05, 4.69) is 17.1 Å². The summed E-state index contributed by atoms with van der Waals surface area (Å²) in [5, 5.41) is 18.6. The van der Waals surface area contributed by atoms with Crippen molar-refractivity contribution in [3.05, 3.63) is 64.7 Å². The first-order valence-electron chi connectivity index (χ1n) is 11.0. The Kier molecular flexibility index (Phi) is 7.23. The first-order chi connectivity index (χ1) is 16.5. The number of carbonyl (C=O) groups excluding carboxylic acids is 1. The fraction of sp³-hybridized carbons (Fsp3) is 0.292. The summed E-state index contributed by atoms with van der Waals surface area (Å²) in [6.07, 6.45) is 1.90. The predicted molar refractivity (Wildman–Crippen MR) is 129 cm³/mol. The molecular weight excluding hydrogens is 455 g/mol. The molecule has 0 aliphatic carbocycles. The van der Waals surface area contributed by atoms with Crippen molar-refractivity contribution in [2.45, 2.75) is 37.9 Å². The number of unbranched alkanes of at least 4 members (excludes halogenated alkanes) is 1. The third kappa shape index (κ3) is 4.65. The van der Waals surface area contributed by atoms with Gasteiger partial charge in [0.05, 0.1) is 29.1 Å². The molecule has 174 valence electrons. The highest BCUT2D eigenvalue weighted by Crippen LogP contribution is 2.24. The molecule has 0 N–H and O–H groups in total. The number of para-hydroxylation sites is 1. The molecule has 0 aliphatic heterocycles. The number of fused-ring (bicyclic) bond motifs is 3. The lowest BCUT2D eigenvalue weighted by Gasteiger charge is -2.21. The van der Waals surface area contributed by atoms with Crippen LogP contribution in [0.25, 0.3) is 16.7 Å². The summed E-state index contributed by atoms with van der Waals surface area (Å²) < 4.78 is 16.8. The van der Waals surface area contributed by atoms with E-state index in [1.165, 1.54) is 40.9 Å².